The highest BCUT2D eigenvalue weighted by atomic mass is 32.1. The molecule has 1 aliphatic heterocycles. The number of hydrogen-bond acceptors (Lipinski definition) is 7. The summed E-state index contributed by atoms with van der Waals surface area (Å²) in [6.45, 7) is 7.50. The Balaban J connectivity index is 1.70. The summed E-state index contributed by atoms with van der Waals surface area (Å²) in [6.07, 6.45) is 1.81. The zero-order valence-electron chi connectivity index (χ0n) is 23.3. The molecule has 210 valence electrons. The molecule has 1 atom stereocenters. The van der Waals surface area contributed by atoms with Crippen molar-refractivity contribution in [2.75, 3.05) is 13.7 Å². The molecule has 0 bridgehead atoms. The summed E-state index contributed by atoms with van der Waals surface area (Å²) >= 11 is 1.24. The number of methoxy groups -OCH3 is 1. The van der Waals surface area contributed by atoms with Gasteiger partial charge in [0.2, 0.25) is 0 Å². The summed E-state index contributed by atoms with van der Waals surface area (Å²) < 4.78 is 14.9. The van der Waals surface area contributed by atoms with E-state index in [1.54, 1.807) is 45.2 Å². The van der Waals surface area contributed by atoms with Crippen molar-refractivity contribution in [2.45, 2.75) is 33.7 Å². The van der Waals surface area contributed by atoms with Gasteiger partial charge in [0.1, 0.15) is 11.8 Å². The Hall–Kier alpha value is -4.70. The standard InChI is InChI=1S/C31H29N3O6S/c1-6-40-30(38)26-18(3)32-31-34(27(26)23-12-7-8-13-24(23)39-5)28(35)25(41-31)16-21-14-17(2)33(19(21)4)22-11-9-10-20(15-22)29(36)37/h7-16,27H,6H2,1-5H3,(H,36,37)/b25-16+/t27-/m1/s1. The summed E-state index contributed by atoms with van der Waals surface area (Å²) in [6, 6.07) is 15.2. The molecule has 0 unspecified atom stereocenters. The number of allylic oxidation sites excluding steroid dienone is 1. The molecule has 9 nitrogen and oxygen atoms in total. The van der Waals surface area contributed by atoms with Crippen LogP contribution < -0.4 is 19.6 Å². The van der Waals surface area contributed by atoms with Crippen molar-refractivity contribution in [3.8, 4) is 11.4 Å². The Bertz CT molecular complexity index is 1910. The van der Waals surface area contributed by atoms with E-state index < -0.39 is 18.0 Å². The molecule has 10 heteroatoms. The third-order valence-electron chi connectivity index (χ3n) is 7.06. The average Bonchev–Trinajstić information content (AvgIpc) is 3.41. The first-order chi connectivity index (χ1) is 19.7. The second kappa shape index (κ2) is 11.1. The fourth-order valence-electron chi connectivity index (χ4n) is 5.23. The maximum atomic E-state index is 14.0. The van der Waals surface area contributed by atoms with E-state index in [4.69, 9.17) is 9.47 Å². The molecule has 4 aromatic rings. The van der Waals surface area contributed by atoms with Crippen LogP contribution in [0.15, 0.2) is 75.7 Å². The van der Waals surface area contributed by atoms with Crippen molar-refractivity contribution in [1.82, 2.24) is 9.13 Å². The number of carbonyl (C=O) groups excluding carboxylic acids is 1. The highest BCUT2D eigenvalue weighted by Gasteiger charge is 2.35. The van der Waals surface area contributed by atoms with Gasteiger partial charge in [-0.05, 0) is 69.7 Å². The quantitative estimate of drug-likeness (QED) is 0.337. The molecule has 2 aromatic heterocycles. The van der Waals surface area contributed by atoms with Gasteiger partial charge in [-0.1, -0.05) is 35.6 Å². The maximum Gasteiger partial charge on any atom is 0.338 e. The number of carboxylic acid groups (broad SMARTS) is 1. The number of ether oxygens (including phenoxy) is 2. The largest absolute Gasteiger partial charge is 0.496 e. The van der Waals surface area contributed by atoms with Crippen LogP contribution in [0.3, 0.4) is 0 Å². The molecule has 0 aliphatic carbocycles. The molecule has 1 aliphatic rings. The van der Waals surface area contributed by atoms with Crippen LogP contribution in [-0.2, 0) is 9.53 Å². The van der Waals surface area contributed by atoms with Gasteiger partial charge in [0.25, 0.3) is 5.56 Å². The van der Waals surface area contributed by atoms with Crippen molar-refractivity contribution in [3.05, 3.63) is 114 Å². The van der Waals surface area contributed by atoms with Crippen LogP contribution in [0, 0.1) is 13.8 Å². The van der Waals surface area contributed by atoms with Crippen LogP contribution in [0.2, 0.25) is 0 Å². The van der Waals surface area contributed by atoms with E-state index in [1.807, 2.05) is 54.8 Å². The number of aromatic nitrogens is 2. The van der Waals surface area contributed by atoms with Gasteiger partial charge in [-0.15, -0.1) is 0 Å². The van der Waals surface area contributed by atoms with E-state index in [-0.39, 0.29) is 23.3 Å². The lowest BCUT2D eigenvalue weighted by atomic mass is 9.95. The van der Waals surface area contributed by atoms with Crippen LogP contribution in [0.5, 0.6) is 5.75 Å². The van der Waals surface area contributed by atoms with E-state index in [1.165, 1.54) is 15.9 Å². The van der Waals surface area contributed by atoms with Crippen molar-refractivity contribution < 1.29 is 24.2 Å². The molecule has 3 heterocycles. The normalized spacial score (nSPS) is 15.0. The zero-order valence-corrected chi connectivity index (χ0v) is 24.1. The van der Waals surface area contributed by atoms with Gasteiger partial charge in [-0.25, -0.2) is 14.6 Å². The number of carboxylic acids is 1. The minimum absolute atomic E-state index is 0.184. The Kier molecular flexibility index (Phi) is 7.51. The lowest BCUT2D eigenvalue weighted by Crippen LogP contribution is -2.40. The predicted octanol–water partition coefficient (Wildman–Crippen LogP) is 3.91. The number of aromatic carboxylic acids is 1. The molecular weight excluding hydrogens is 542 g/mol. The zero-order chi connectivity index (χ0) is 29.4. The number of benzene rings is 2. The summed E-state index contributed by atoms with van der Waals surface area (Å²) in [5, 5.41) is 9.44. The second-order valence-electron chi connectivity index (χ2n) is 9.56. The number of thiazole rings is 1. The molecule has 41 heavy (non-hydrogen) atoms. The minimum atomic E-state index is -1.00. The Labute approximate surface area is 239 Å². The number of esters is 1. The lowest BCUT2D eigenvalue weighted by molar-refractivity contribution is -0.139. The molecule has 5 rings (SSSR count). The van der Waals surface area contributed by atoms with Crippen molar-refractivity contribution in [2.24, 2.45) is 4.99 Å². The van der Waals surface area contributed by atoms with Gasteiger partial charge in [0, 0.05) is 22.6 Å². The molecule has 0 amide bonds. The van der Waals surface area contributed by atoms with Crippen molar-refractivity contribution in [1.29, 1.82) is 0 Å². The van der Waals surface area contributed by atoms with Crippen molar-refractivity contribution in [3.63, 3.8) is 0 Å². The number of carbonyl (C=O) groups is 2. The Morgan fingerprint density at radius 2 is 1.85 bits per heavy atom. The third-order valence-corrected chi connectivity index (χ3v) is 8.04. The van der Waals surface area contributed by atoms with E-state index in [2.05, 4.69) is 4.99 Å². The Morgan fingerprint density at radius 3 is 2.56 bits per heavy atom. The number of rotatable bonds is 7. The van der Waals surface area contributed by atoms with Crippen LogP contribution in [0.25, 0.3) is 11.8 Å². The predicted molar refractivity (Wildman–Crippen MR) is 156 cm³/mol. The van der Waals surface area contributed by atoms with Crippen LogP contribution in [-0.4, -0.2) is 39.9 Å². The third kappa shape index (κ3) is 4.91. The molecule has 2 aromatic carbocycles. The number of aryl methyl sites for hydroxylation is 1. The highest BCUT2D eigenvalue weighted by molar-refractivity contribution is 7.07. The topological polar surface area (TPSA) is 112 Å². The van der Waals surface area contributed by atoms with Crippen LogP contribution >= 0.6 is 11.3 Å². The van der Waals surface area contributed by atoms with Gasteiger partial charge >= 0.3 is 11.9 Å². The number of para-hydroxylation sites is 1. The van der Waals surface area contributed by atoms with Gasteiger partial charge < -0.3 is 19.1 Å². The smallest absolute Gasteiger partial charge is 0.338 e. The molecular formula is C31H29N3O6S. The summed E-state index contributed by atoms with van der Waals surface area (Å²) in [5.41, 5.74) is 4.56. The number of fused-ring (bicyclic) bond motifs is 1. The fraction of sp³-hybridized carbons (Fsp3) is 0.226. The minimum Gasteiger partial charge on any atom is -0.496 e. The molecule has 0 spiro atoms. The average molecular weight is 572 g/mol. The van der Waals surface area contributed by atoms with E-state index in [9.17, 15) is 19.5 Å². The first-order valence-electron chi connectivity index (χ1n) is 13.0. The van der Waals surface area contributed by atoms with E-state index in [0.717, 1.165) is 17.0 Å². The molecule has 1 N–H and O–H groups in total. The van der Waals surface area contributed by atoms with Crippen molar-refractivity contribution >= 4 is 29.4 Å². The monoisotopic (exact) mass is 571 g/mol. The van der Waals surface area contributed by atoms with Crippen LogP contribution in [0.1, 0.15) is 52.8 Å². The highest BCUT2D eigenvalue weighted by Crippen LogP contribution is 2.35. The first-order valence-corrected chi connectivity index (χ1v) is 13.8. The molecule has 0 radical (unpaired) electrons. The molecule has 0 saturated heterocycles. The first kappa shape index (κ1) is 27.9. The Morgan fingerprint density at radius 1 is 1.10 bits per heavy atom. The summed E-state index contributed by atoms with van der Waals surface area (Å²) in [5.74, 6) is -1.00. The van der Waals surface area contributed by atoms with Gasteiger partial charge in [-0.2, -0.15) is 0 Å². The number of nitrogens with zero attached hydrogens (tertiary/aromatic N) is 3. The van der Waals surface area contributed by atoms with Gasteiger partial charge in [0.05, 0.1) is 35.1 Å². The van der Waals surface area contributed by atoms with Gasteiger partial charge in [-0.3, -0.25) is 9.36 Å². The number of hydrogen-bond donors (Lipinski definition) is 1. The van der Waals surface area contributed by atoms with E-state index >= 15 is 0 Å². The van der Waals surface area contributed by atoms with Gasteiger partial charge in [0.15, 0.2) is 4.80 Å². The molecule has 0 fully saturated rings. The molecule has 0 saturated carbocycles. The lowest BCUT2D eigenvalue weighted by Gasteiger charge is -2.25. The fourth-order valence-corrected chi connectivity index (χ4v) is 6.27. The SMILES string of the molecule is CCOC(=O)C1=C(C)N=c2s/c(=C/c3cc(C)n(-c4cccc(C(=O)O)c4)c3C)c(=O)n2[C@@H]1c1ccccc1OC. The summed E-state index contributed by atoms with van der Waals surface area (Å²) in [7, 11) is 1.55. The maximum absolute atomic E-state index is 14.0. The van der Waals surface area contributed by atoms with E-state index in [0.29, 0.717) is 32.0 Å². The second-order valence-corrected chi connectivity index (χ2v) is 10.6. The summed E-state index contributed by atoms with van der Waals surface area (Å²) in [4.78, 5) is 43.8. The van der Waals surface area contributed by atoms with Crippen LogP contribution in [0.4, 0.5) is 0 Å².